The zero-order chi connectivity index (χ0) is 16.4. The molecule has 0 unspecified atom stereocenters. The van der Waals surface area contributed by atoms with Gasteiger partial charge in [-0.1, -0.05) is 17.7 Å². The fraction of sp³-hybridized carbons (Fsp3) is 0.167. The van der Waals surface area contributed by atoms with Crippen molar-refractivity contribution >= 4 is 22.6 Å². The molecule has 0 atom stereocenters. The number of aryl methyl sites for hydroxylation is 2. The molecule has 0 bridgehead atoms. The van der Waals surface area contributed by atoms with Gasteiger partial charge >= 0.3 is 0 Å². The van der Waals surface area contributed by atoms with Gasteiger partial charge in [0.05, 0.1) is 0 Å². The van der Waals surface area contributed by atoms with E-state index in [1.54, 1.807) is 6.07 Å². The predicted molar refractivity (Wildman–Crippen MR) is 91.0 cm³/mol. The summed E-state index contributed by atoms with van der Waals surface area (Å²) in [6, 6.07) is 12.3. The third-order valence-electron chi connectivity index (χ3n) is 3.71. The van der Waals surface area contributed by atoms with Crippen LogP contribution in [0, 0.1) is 19.7 Å². The number of nitrogens with one attached hydrogen (secondary N) is 1. The van der Waals surface area contributed by atoms with Crippen LogP contribution in [0.3, 0.4) is 0 Å². The molecule has 3 N–H and O–H groups in total. The molecule has 2 aromatic carbocycles. The second kappa shape index (κ2) is 6.12. The number of rotatable bonds is 3. The van der Waals surface area contributed by atoms with E-state index in [9.17, 15) is 4.39 Å². The van der Waals surface area contributed by atoms with Crippen molar-refractivity contribution in [2.75, 3.05) is 5.32 Å². The number of fused-ring (bicyclic) bond motifs is 1. The third-order valence-corrected chi connectivity index (χ3v) is 3.71. The van der Waals surface area contributed by atoms with E-state index in [1.165, 1.54) is 17.7 Å². The van der Waals surface area contributed by atoms with Gasteiger partial charge in [-0.2, -0.15) is 0 Å². The van der Waals surface area contributed by atoms with Gasteiger partial charge < -0.3 is 15.5 Å². The van der Waals surface area contributed by atoms with Gasteiger partial charge in [0, 0.05) is 16.6 Å². The highest BCUT2D eigenvalue weighted by molar-refractivity contribution is 5.92. The molecule has 3 rings (SSSR count). The van der Waals surface area contributed by atoms with Crippen LogP contribution in [0.5, 0.6) is 0 Å². The van der Waals surface area contributed by atoms with Crippen LogP contribution in [-0.2, 0) is 6.54 Å². The third kappa shape index (κ3) is 3.34. The van der Waals surface area contributed by atoms with Crippen molar-refractivity contribution in [3.05, 3.63) is 65.2 Å². The average molecular weight is 311 g/mol. The second-order valence-electron chi connectivity index (χ2n) is 5.48. The molecule has 0 saturated carbocycles. The molecule has 0 fully saturated rings. The van der Waals surface area contributed by atoms with Crippen LogP contribution in [-0.4, -0.2) is 5.96 Å². The van der Waals surface area contributed by atoms with Gasteiger partial charge in [-0.3, -0.25) is 0 Å². The van der Waals surface area contributed by atoms with Gasteiger partial charge in [0.15, 0.2) is 5.96 Å². The standard InChI is InChI=1S/C18H18FN3O/c1-11-3-6-14(7-4-11)22-18(20)21-10-17-12(2)15-9-13(19)5-8-16(15)23-17/h3-9H,10H2,1-2H3,(H3,20,21,22). The van der Waals surface area contributed by atoms with E-state index in [1.807, 2.05) is 38.1 Å². The molecule has 0 aliphatic heterocycles. The Balaban J connectivity index is 1.76. The van der Waals surface area contributed by atoms with Gasteiger partial charge in [-0.05, 0) is 44.2 Å². The molecular formula is C18H18FN3O. The fourth-order valence-corrected chi connectivity index (χ4v) is 2.38. The predicted octanol–water partition coefficient (Wildman–Crippen LogP) is 4.12. The minimum Gasteiger partial charge on any atom is -0.459 e. The molecule has 1 heterocycles. The largest absolute Gasteiger partial charge is 0.459 e. The number of benzene rings is 2. The highest BCUT2D eigenvalue weighted by Crippen LogP contribution is 2.26. The Kier molecular flexibility index (Phi) is 4.02. The number of hydrogen-bond donors (Lipinski definition) is 2. The number of guanidine groups is 1. The smallest absolute Gasteiger partial charge is 0.193 e. The Morgan fingerprint density at radius 1 is 1.17 bits per heavy atom. The van der Waals surface area contributed by atoms with Gasteiger partial charge in [-0.25, -0.2) is 9.38 Å². The molecule has 3 aromatic rings. The first-order valence-electron chi connectivity index (χ1n) is 7.34. The van der Waals surface area contributed by atoms with Crippen molar-refractivity contribution in [3.8, 4) is 0 Å². The van der Waals surface area contributed by atoms with Gasteiger partial charge in [0.1, 0.15) is 23.7 Å². The SMILES string of the molecule is Cc1ccc(NC(N)=NCc2oc3ccc(F)cc3c2C)cc1. The summed E-state index contributed by atoms with van der Waals surface area (Å²) < 4.78 is 19.0. The molecule has 0 amide bonds. The van der Waals surface area contributed by atoms with E-state index in [2.05, 4.69) is 10.3 Å². The number of hydrogen-bond acceptors (Lipinski definition) is 2. The lowest BCUT2D eigenvalue weighted by Gasteiger charge is -2.05. The molecule has 0 spiro atoms. The van der Waals surface area contributed by atoms with E-state index < -0.39 is 0 Å². The Morgan fingerprint density at radius 3 is 2.65 bits per heavy atom. The summed E-state index contributed by atoms with van der Waals surface area (Å²) in [6.07, 6.45) is 0. The van der Waals surface area contributed by atoms with Crippen LogP contribution in [0.15, 0.2) is 51.9 Å². The molecule has 0 aliphatic rings. The molecule has 118 valence electrons. The highest BCUT2D eigenvalue weighted by Gasteiger charge is 2.10. The maximum absolute atomic E-state index is 13.3. The maximum atomic E-state index is 13.3. The summed E-state index contributed by atoms with van der Waals surface area (Å²) in [5.74, 6) is 0.705. The minimum absolute atomic E-state index is 0.281. The number of furan rings is 1. The summed E-state index contributed by atoms with van der Waals surface area (Å²) in [5.41, 5.74) is 9.48. The molecule has 1 aromatic heterocycles. The van der Waals surface area contributed by atoms with Crippen molar-refractivity contribution < 1.29 is 8.81 Å². The second-order valence-corrected chi connectivity index (χ2v) is 5.48. The minimum atomic E-state index is -0.281. The molecule has 4 nitrogen and oxygen atoms in total. The lowest BCUT2D eigenvalue weighted by molar-refractivity contribution is 0.548. The number of aliphatic imine (C=N–C) groups is 1. The first-order valence-corrected chi connectivity index (χ1v) is 7.34. The van der Waals surface area contributed by atoms with E-state index >= 15 is 0 Å². The van der Waals surface area contributed by atoms with Crippen LogP contribution in [0.4, 0.5) is 10.1 Å². The van der Waals surface area contributed by atoms with Crippen molar-refractivity contribution in [1.82, 2.24) is 0 Å². The van der Waals surface area contributed by atoms with E-state index in [4.69, 9.17) is 10.2 Å². The summed E-state index contributed by atoms with van der Waals surface area (Å²) in [5, 5.41) is 3.79. The van der Waals surface area contributed by atoms with E-state index in [0.29, 0.717) is 23.8 Å². The van der Waals surface area contributed by atoms with Crippen LogP contribution in [0.25, 0.3) is 11.0 Å². The molecule has 0 aliphatic carbocycles. The van der Waals surface area contributed by atoms with Crippen LogP contribution >= 0.6 is 0 Å². The summed E-state index contributed by atoms with van der Waals surface area (Å²) in [4.78, 5) is 4.29. The van der Waals surface area contributed by atoms with Crippen molar-refractivity contribution in [2.24, 2.45) is 10.7 Å². The molecular weight excluding hydrogens is 293 g/mol. The Morgan fingerprint density at radius 2 is 1.91 bits per heavy atom. The maximum Gasteiger partial charge on any atom is 0.193 e. The average Bonchev–Trinajstić information content (AvgIpc) is 2.84. The number of nitrogens with zero attached hydrogens (tertiary/aromatic N) is 1. The number of halogens is 1. The number of anilines is 1. The van der Waals surface area contributed by atoms with E-state index in [0.717, 1.165) is 16.6 Å². The Labute approximate surface area is 133 Å². The van der Waals surface area contributed by atoms with Crippen LogP contribution in [0.1, 0.15) is 16.9 Å². The quantitative estimate of drug-likeness (QED) is 0.565. The monoisotopic (exact) mass is 311 g/mol. The lowest BCUT2D eigenvalue weighted by atomic mass is 10.1. The van der Waals surface area contributed by atoms with Crippen LogP contribution in [0.2, 0.25) is 0 Å². The molecule has 0 saturated heterocycles. The zero-order valence-electron chi connectivity index (χ0n) is 13.1. The highest BCUT2D eigenvalue weighted by atomic mass is 19.1. The normalized spacial score (nSPS) is 11.9. The summed E-state index contributed by atoms with van der Waals surface area (Å²) in [7, 11) is 0. The summed E-state index contributed by atoms with van der Waals surface area (Å²) in [6.45, 7) is 4.21. The first-order chi connectivity index (χ1) is 11.0. The van der Waals surface area contributed by atoms with Crippen LogP contribution < -0.4 is 11.1 Å². The van der Waals surface area contributed by atoms with Gasteiger partial charge in [0.2, 0.25) is 0 Å². The summed E-state index contributed by atoms with van der Waals surface area (Å²) >= 11 is 0. The zero-order valence-corrected chi connectivity index (χ0v) is 13.1. The molecule has 5 heteroatoms. The molecule has 23 heavy (non-hydrogen) atoms. The Bertz CT molecular complexity index is 866. The van der Waals surface area contributed by atoms with Gasteiger partial charge in [0.25, 0.3) is 0 Å². The first kappa shape index (κ1) is 15.1. The Hall–Kier alpha value is -2.82. The lowest BCUT2D eigenvalue weighted by Crippen LogP contribution is -2.22. The number of nitrogens with two attached hydrogens (primary N) is 1. The van der Waals surface area contributed by atoms with Crippen molar-refractivity contribution in [3.63, 3.8) is 0 Å². The van der Waals surface area contributed by atoms with E-state index in [-0.39, 0.29) is 5.82 Å². The molecule has 0 radical (unpaired) electrons. The van der Waals surface area contributed by atoms with Crippen molar-refractivity contribution in [2.45, 2.75) is 20.4 Å². The van der Waals surface area contributed by atoms with Crippen molar-refractivity contribution in [1.29, 1.82) is 0 Å². The van der Waals surface area contributed by atoms with Gasteiger partial charge in [-0.15, -0.1) is 0 Å². The fourth-order valence-electron chi connectivity index (χ4n) is 2.38. The topological polar surface area (TPSA) is 63.5 Å².